The molecule has 0 amide bonds. The van der Waals surface area contributed by atoms with Crippen LogP contribution in [-0.2, 0) is 0 Å². The minimum atomic E-state index is -0.523. The van der Waals surface area contributed by atoms with Gasteiger partial charge in [0.15, 0.2) is 11.0 Å². The zero-order valence-corrected chi connectivity index (χ0v) is 13.7. The number of fused-ring (bicyclic) bond motifs is 1. The predicted octanol–water partition coefficient (Wildman–Crippen LogP) is 4.65. The second-order valence-electron chi connectivity index (χ2n) is 6.01. The molecule has 124 valence electrons. The molecule has 1 saturated heterocycles. The third-order valence-corrected chi connectivity index (χ3v) is 4.80. The van der Waals surface area contributed by atoms with E-state index in [1.54, 1.807) is 18.2 Å². The lowest BCUT2D eigenvalue weighted by molar-refractivity contribution is 0.292. The summed E-state index contributed by atoms with van der Waals surface area (Å²) in [5, 5.41) is 4.10. The Balaban J connectivity index is 1.72. The van der Waals surface area contributed by atoms with Gasteiger partial charge in [0.2, 0.25) is 0 Å². The van der Waals surface area contributed by atoms with Crippen molar-refractivity contribution < 1.29 is 8.78 Å². The largest absolute Gasteiger partial charge is 0.287 e. The highest BCUT2D eigenvalue weighted by molar-refractivity contribution is 6.29. The first-order valence-corrected chi connectivity index (χ1v) is 8.36. The molecule has 0 saturated carbocycles. The number of hydrogen-bond acceptors (Lipinski definition) is 3. The van der Waals surface area contributed by atoms with Crippen LogP contribution < -0.4 is 5.01 Å². The van der Waals surface area contributed by atoms with Crippen LogP contribution in [0, 0.1) is 11.6 Å². The van der Waals surface area contributed by atoms with E-state index in [4.69, 9.17) is 11.6 Å². The van der Waals surface area contributed by atoms with Crippen molar-refractivity contribution in [3.8, 4) is 0 Å². The zero-order valence-electron chi connectivity index (χ0n) is 13.0. The molecule has 6 heteroatoms. The van der Waals surface area contributed by atoms with Gasteiger partial charge >= 0.3 is 0 Å². The maximum absolute atomic E-state index is 13.4. The monoisotopic (exact) mass is 347 g/mol. The molecule has 2 aromatic rings. The van der Waals surface area contributed by atoms with Gasteiger partial charge in [-0.3, -0.25) is 10.0 Å². The van der Waals surface area contributed by atoms with Crippen LogP contribution >= 0.6 is 11.6 Å². The molecule has 0 aliphatic carbocycles. The van der Waals surface area contributed by atoms with Crippen LogP contribution in [0.3, 0.4) is 0 Å². The van der Waals surface area contributed by atoms with Gasteiger partial charge in [-0.05, 0) is 49.1 Å². The fourth-order valence-corrected chi connectivity index (χ4v) is 3.53. The topological polar surface area (TPSA) is 19.4 Å². The molecule has 0 N–H and O–H groups in total. The standard InChI is InChI=1S/C18H16ClF2N3/c19-18-15(21)8-9-17(22-18)24-11-14(12-4-6-13(20)7-5-12)16-3-1-2-10-23(16)24/h4-9H,1-3,10-11H2. The molecule has 0 radical (unpaired) electrons. The Morgan fingerprint density at radius 3 is 2.50 bits per heavy atom. The normalized spacial score (nSPS) is 17.5. The molecule has 3 nitrogen and oxygen atoms in total. The SMILES string of the molecule is Fc1ccc(C2=C3CCCCN3N(c3ccc(F)c(Cl)n3)C2)cc1. The number of hydrogen-bond donors (Lipinski definition) is 0. The van der Waals surface area contributed by atoms with Gasteiger partial charge in [-0.2, -0.15) is 0 Å². The lowest BCUT2D eigenvalue weighted by Gasteiger charge is -2.35. The van der Waals surface area contributed by atoms with Crippen molar-refractivity contribution in [2.75, 3.05) is 18.1 Å². The van der Waals surface area contributed by atoms with E-state index in [0.717, 1.165) is 36.9 Å². The van der Waals surface area contributed by atoms with E-state index in [1.165, 1.54) is 23.9 Å². The first kappa shape index (κ1) is 15.4. The van der Waals surface area contributed by atoms with Gasteiger partial charge in [0, 0.05) is 17.8 Å². The lowest BCUT2D eigenvalue weighted by Crippen LogP contribution is -2.40. The molecule has 0 atom stereocenters. The van der Waals surface area contributed by atoms with Crippen LogP contribution in [0.25, 0.3) is 5.57 Å². The zero-order chi connectivity index (χ0) is 16.7. The van der Waals surface area contributed by atoms with Crippen molar-refractivity contribution in [1.29, 1.82) is 0 Å². The van der Waals surface area contributed by atoms with Gasteiger partial charge in [0.1, 0.15) is 11.6 Å². The number of anilines is 1. The predicted molar refractivity (Wildman–Crippen MR) is 90.4 cm³/mol. The van der Waals surface area contributed by atoms with E-state index < -0.39 is 5.82 Å². The number of rotatable bonds is 2. The van der Waals surface area contributed by atoms with Gasteiger partial charge in [0.05, 0.1) is 6.54 Å². The molecule has 24 heavy (non-hydrogen) atoms. The quantitative estimate of drug-likeness (QED) is 0.737. The summed E-state index contributed by atoms with van der Waals surface area (Å²) in [5.74, 6) is -0.144. The third kappa shape index (κ3) is 2.63. The summed E-state index contributed by atoms with van der Waals surface area (Å²) >= 11 is 5.85. The van der Waals surface area contributed by atoms with E-state index in [0.29, 0.717) is 12.4 Å². The first-order chi connectivity index (χ1) is 11.6. The van der Waals surface area contributed by atoms with Crippen molar-refractivity contribution in [2.45, 2.75) is 19.3 Å². The summed E-state index contributed by atoms with van der Waals surface area (Å²) in [5.41, 5.74) is 3.40. The molecule has 2 aliphatic rings. The Labute approximate surface area is 144 Å². The Morgan fingerprint density at radius 1 is 0.958 bits per heavy atom. The van der Waals surface area contributed by atoms with Gasteiger partial charge in [-0.15, -0.1) is 0 Å². The summed E-state index contributed by atoms with van der Waals surface area (Å²) in [7, 11) is 0. The summed E-state index contributed by atoms with van der Waals surface area (Å²) in [6, 6.07) is 9.54. The van der Waals surface area contributed by atoms with Gasteiger partial charge < -0.3 is 0 Å². The Bertz CT molecular complexity index is 804. The summed E-state index contributed by atoms with van der Waals surface area (Å²) < 4.78 is 26.7. The van der Waals surface area contributed by atoms with Crippen LogP contribution in [0.15, 0.2) is 42.1 Å². The lowest BCUT2D eigenvalue weighted by atomic mass is 10.00. The van der Waals surface area contributed by atoms with Crippen LogP contribution in [-0.4, -0.2) is 23.1 Å². The fourth-order valence-electron chi connectivity index (χ4n) is 3.38. The Morgan fingerprint density at radius 2 is 1.75 bits per heavy atom. The van der Waals surface area contributed by atoms with Crippen LogP contribution in [0.2, 0.25) is 5.15 Å². The van der Waals surface area contributed by atoms with Crippen molar-refractivity contribution in [3.63, 3.8) is 0 Å². The number of aromatic nitrogens is 1. The van der Waals surface area contributed by atoms with E-state index >= 15 is 0 Å². The van der Waals surface area contributed by atoms with Crippen LogP contribution in [0.1, 0.15) is 24.8 Å². The summed E-state index contributed by atoms with van der Waals surface area (Å²) in [4.78, 5) is 4.18. The second-order valence-corrected chi connectivity index (χ2v) is 6.37. The van der Waals surface area contributed by atoms with Gasteiger partial charge in [-0.1, -0.05) is 23.7 Å². The number of halogens is 3. The van der Waals surface area contributed by atoms with Gasteiger partial charge in [0.25, 0.3) is 0 Å². The molecular formula is C18H16ClF2N3. The smallest absolute Gasteiger partial charge is 0.167 e. The molecule has 0 unspecified atom stereocenters. The van der Waals surface area contributed by atoms with Crippen molar-refractivity contribution >= 4 is 23.0 Å². The maximum atomic E-state index is 13.4. The molecule has 3 heterocycles. The van der Waals surface area contributed by atoms with Gasteiger partial charge in [-0.25, -0.2) is 13.8 Å². The highest BCUT2D eigenvalue weighted by Crippen LogP contribution is 2.38. The molecule has 4 rings (SSSR count). The minimum Gasteiger partial charge on any atom is -0.287 e. The van der Waals surface area contributed by atoms with Crippen molar-refractivity contribution in [2.24, 2.45) is 0 Å². The molecule has 0 bridgehead atoms. The molecule has 2 aliphatic heterocycles. The van der Waals surface area contributed by atoms with E-state index in [9.17, 15) is 8.78 Å². The number of benzene rings is 1. The average Bonchev–Trinajstić information content (AvgIpc) is 2.98. The number of nitrogens with zero attached hydrogens (tertiary/aromatic N) is 3. The highest BCUT2D eigenvalue weighted by atomic mass is 35.5. The van der Waals surface area contributed by atoms with E-state index in [2.05, 4.69) is 9.99 Å². The number of pyridine rings is 1. The van der Waals surface area contributed by atoms with Crippen LogP contribution in [0.4, 0.5) is 14.6 Å². The average molecular weight is 348 g/mol. The highest BCUT2D eigenvalue weighted by Gasteiger charge is 2.33. The second kappa shape index (κ2) is 6.06. The molecular weight excluding hydrogens is 332 g/mol. The third-order valence-electron chi connectivity index (χ3n) is 4.54. The molecule has 1 aromatic carbocycles. The maximum Gasteiger partial charge on any atom is 0.167 e. The summed E-state index contributed by atoms with van der Waals surface area (Å²) in [6.45, 7) is 1.51. The Kier molecular flexibility index (Phi) is 3.88. The first-order valence-electron chi connectivity index (χ1n) is 7.98. The van der Waals surface area contributed by atoms with Crippen molar-refractivity contribution in [1.82, 2.24) is 9.99 Å². The number of allylic oxidation sites excluding steroid dienone is 1. The minimum absolute atomic E-state index is 0.124. The van der Waals surface area contributed by atoms with Crippen molar-refractivity contribution in [3.05, 3.63) is 64.4 Å². The number of piperidine rings is 1. The molecule has 1 aromatic heterocycles. The molecule has 0 spiro atoms. The van der Waals surface area contributed by atoms with E-state index in [-0.39, 0.29) is 11.0 Å². The van der Waals surface area contributed by atoms with Crippen LogP contribution in [0.5, 0.6) is 0 Å². The molecule has 1 fully saturated rings. The number of hydrazine groups is 1. The van der Waals surface area contributed by atoms with E-state index in [1.807, 2.05) is 5.01 Å². The summed E-state index contributed by atoms with van der Waals surface area (Å²) in [6.07, 6.45) is 3.19. The fraction of sp³-hybridized carbons (Fsp3) is 0.278. The Hall–Kier alpha value is -2.14.